The third kappa shape index (κ3) is 6.00. The van der Waals surface area contributed by atoms with Crippen molar-refractivity contribution in [3.63, 3.8) is 0 Å². The summed E-state index contributed by atoms with van der Waals surface area (Å²) >= 11 is 0. The SMILES string of the molecule is CS(=O)(=O)OCc1cc(=O)c(OCc2ccc(S(C)(=O)=O)cc2)co1. The molecule has 0 saturated carbocycles. The smallest absolute Gasteiger partial charge is 0.264 e. The highest BCUT2D eigenvalue weighted by molar-refractivity contribution is 7.90. The van der Waals surface area contributed by atoms with E-state index in [4.69, 9.17) is 9.15 Å². The molecule has 0 aliphatic carbocycles. The largest absolute Gasteiger partial charge is 0.482 e. The number of sulfone groups is 1. The molecule has 0 fully saturated rings. The maximum Gasteiger partial charge on any atom is 0.264 e. The molecule has 8 nitrogen and oxygen atoms in total. The third-order valence-corrected chi connectivity index (χ3v) is 4.69. The average Bonchev–Trinajstić information content (AvgIpc) is 2.51. The summed E-state index contributed by atoms with van der Waals surface area (Å²) in [5.74, 6) is -0.0180. The highest BCUT2D eigenvalue weighted by Gasteiger charge is 2.09. The fraction of sp³-hybridized carbons (Fsp3) is 0.267. The standard InChI is InChI=1S/C15H16O8S2/c1-24(17,18)13-5-3-11(4-6-13)8-22-15-10-21-12(7-14(15)16)9-23-25(2,19)20/h3-7,10H,8-9H2,1-2H3. The van der Waals surface area contributed by atoms with Crippen LogP contribution in [-0.2, 0) is 37.4 Å². The fourth-order valence-corrected chi connectivity index (χ4v) is 2.74. The second-order valence-electron chi connectivity index (χ2n) is 5.25. The van der Waals surface area contributed by atoms with Crippen LogP contribution in [0.25, 0.3) is 0 Å². The first kappa shape index (κ1) is 19.2. The molecule has 0 amide bonds. The molecule has 2 aromatic rings. The Morgan fingerprint density at radius 1 is 1.00 bits per heavy atom. The molecule has 0 aliphatic rings. The van der Waals surface area contributed by atoms with Gasteiger partial charge in [0.25, 0.3) is 10.1 Å². The van der Waals surface area contributed by atoms with E-state index in [-0.39, 0.29) is 29.6 Å². The molecule has 0 radical (unpaired) electrons. The van der Waals surface area contributed by atoms with Gasteiger partial charge < -0.3 is 9.15 Å². The minimum absolute atomic E-state index is 0.0357. The van der Waals surface area contributed by atoms with E-state index in [1.165, 1.54) is 12.1 Å². The molecular formula is C15H16O8S2. The Morgan fingerprint density at radius 2 is 1.64 bits per heavy atom. The summed E-state index contributed by atoms with van der Waals surface area (Å²) in [4.78, 5) is 12.1. The predicted molar refractivity (Wildman–Crippen MR) is 88.5 cm³/mol. The number of benzene rings is 1. The van der Waals surface area contributed by atoms with Gasteiger partial charge in [0.05, 0.1) is 11.2 Å². The summed E-state index contributed by atoms with van der Waals surface area (Å²) < 4.78 is 59.5. The lowest BCUT2D eigenvalue weighted by Gasteiger charge is -2.07. The van der Waals surface area contributed by atoms with Crippen molar-refractivity contribution in [2.24, 2.45) is 0 Å². The molecule has 0 spiro atoms. The zero-order valence-corrected chi connectivity index (χ0v) is 15.1. The van der Waals surface area contributed by atoms with Gasteiger partial charge in [-0.15, -0.1) is 0 Å². The summed E-state index contributed by atoms with van der Waals surface area (Å²) in [5.41, 5.74) is 0.169. The van der Waals surface area contributed by atoms with E-state index in [0.29, 0.717) is 5.56 Å². The Balaban J connectivity index is 2.02. The Labute approximate surface area is 145 Å². The van der Waals surface area contributed by atoms with Crippen LogP contribution in [0.3, 0.4) is 0 Å². The summed E-state index contributed by atoms with van der Waals surface area (Å²) in [6, 6.07) is 7.12. The Morgan fingerprint density at radius 3 is 2.16 bits per heavy atom. The number of ether oxygens (including phenoxy) is 1. The molecule has 1 aromatic carbocycles. The van der Waals surface area contributed by atoms with E-state index < -0.39 is 25.4 Å². The van der Waals surface area contributed by atoms with Gasteiger partial charge in [-0.1, -0.05) is 12.1 Å². The minimum atomic E-state index is -3.64. The normalized spacial score (nSPS) is 12.1. The van der Waals surface area contributed by atoms with Crippen LogP contribution in [0.2, 0.25) is 0 Å². The van der Waals surface area contributed by atoms with Crippen molar-refractivity contribution >= 4 is 20.0 Å². The molecule has 0 N–H and O–H groups in total. The molecule has 0 bridgehead atoms. The van der Waals surface area contributed by atoms with Crippen molar-refractivity contribution in [3.8, 4) is 5.75 Å². The lowest BCUT2D eigenvalue weighted by atomic mass is 10.2. The van der Waals surface area contributed by atoms with Gasteiger partial charge in [-0.25, -0.2) is 8.42 Å². The number of hydrogen-bond acceptors (Lipinski definition) is 8. The van der Waals surface area contributed by atoms with Crippen LogP contribution in [-0.4, -0.2) is 29.3 Å². The molecule has 0 aliphatic heterocycles. The molecule has 136 valence electrons. The number of rotatable bonds is 7. The van der Waals surface area contributed by atoms with E-state index in [1.54, 1.807) is 12.1 Å². The van der Waals surface area contributed by atoms with Crippen molar-refractivity contribution < 1.29 is 30.2 Å². The van der Waals surface area contributed by atoms with E-state index in [0.717, 1.165) is 24.8 Å². The lowest BCUT2D eigenvalue weighted by molar-refractivity contribution is 0.259. The maximum atomic E-state index is 11.9. The van der Waals surface area contributed by atoms with Crippen LogP contribution >= 0.6 is 0 Å². The van der Waals surface area contributed by atoms with Crippen molar-refractivity contribution in [1.82, 2.24) is 0 Å². The van der Waals surface area contributed by atoms with Crippen molar-refractivity contribution in [1.29, 1.82) is 0 Å². The molecule has 10 heteroatoms. The van der Waals surface area contributed by atoms with Crippen LogP contribution < -0.4 is 10.2 Å². The number of hydrogen-bond donors (Lipinski definition) is 0. The topological polar surface area (TPSA) is 117 Å². The molecule has 2 rings (SSSR count). The van der Waals surface area contributed by atoms with Crippen LogP contribution in [0.5, 0.6) is 5.75 Å². The van der Waals surface area contributed by atoms with Gasteiger partial charge in [0.2, 0.25) is 11.2 Å². The third-order valence-electron chi connectivity index (χ3n) is 3.01. The van der Waals surface area contributed by atoms with Crippen LogP contribution in [0.4, 0.5) is 0 Å². The molecule has 0 saturated heterocycles. The molecule has 1 aromatic heterocycles. The zero-order valence-electron chi connectivity index (χ0n) is 13.5. The Kier molecular flexibility index (Phi) is 5.65. The summed E-state index contributed by atoms with van der Waals surface area (Å²) in [6.07, 6.45) is 3.06. The molecular weight excluding hydrogens is 372 g/mol. The monoisotopic (exact) mass is 388 g/mol. The maximum absolute atomic E-state index is 11.9. The summed E-state index contributed by atoms with van der Waals surface area (Å²) in [5, 5.41) is 0. The lowest BCUT2D eigenvalue weighted by Crippen LogP contribution is -2.09. The van der Waals surface area contributed by atoms with Gasteiger partial charge in [-0.3, -0.25) is 8.98 Å². The van der Waals surface area contributed by atoms with Gasteiger partial charge in [-0.05, 0) is 17.7 Å². The molecule has 1 heterocycles. The van der Waals surface area contributed by atoms with Gasteiger partial charge in [0.15, 0.2) is 9.84 Å². The zero-order chi connectivity index (χ0) is 18.7. The first-order valence-electron chi connectivity index (χ1n) is 6.92. The molecule has 0 atom stereocenters. The Hall–Kier alpha value is -2.17. The Bertz CT molecular complexity index is 1000. The summed E-state index contributed by atoms with van der Waals surface area (Å²) in [6.45, 7) is -0.352. The second-order valence-corrected chi connectivity index (χ2v) is 8.91. The van der Waals surface area contributed by atoms with Crippen molar-refractivity contribution in [2.75, 3.05) is 12.5 Å². The summed E-state index contributed by atoms with van der Waals surface area (Å²) in [7, 11) is -6.92. The van der Waals surface area contributed by atoms with E-state index in [2.05, 4.69) is 4.18 Å². The molecule has 0 unspecified atom stereocenters. The van der Waals surface area contributed by atoms with Crippen LogP contribution in [0, 0.1) is 0 Å². The average molecular weight is 388 g/mol. The predicted octanol–water partition coefficient (Wildman–Crippen LogP) is 1.10. The van der Waals surface area contributed by atoms with E-state index >= 15 is 0 Å². The first-order chi connectivity index (χ1) is 11.5. The quantitative estimate of drug-likeness (QED) is 0.647. The van der Waals surface area contributed by atoms with Crippen LogP contribution in [0.15, 0.2) is 50.7 Å². The molecule has 25 heavy (non-hydrogen) atoms. The van der Waals surface area contributed by atoms with Crippen molar-refractivity contribution in [3.05, 3.63) is 58.1 Å². The van der Waals surface area contributed by atoms with E-state index in [1.807, 2.05) is 0 Å². The highest BCUT2D eigenvalue weighted by Crippen LogP contribution is 2.13. The van der Waals surface area contributed by atoms with Gasteiger partial charge in [-0.2, -0.15) is 8.42 Å². The van der Waals surface area contributed by atoms with Gasteiger partial charge in [0, 0.05) is 12.3 Å². The van der Waals surface area contributed by atoms with E-state index in [9.17, 15) is 21.6 Å². The minimum Gasteiger partial charge on any atom is -0.482 e. The second kappa shape index (κ2) is 7.38. The van der Waals surface area contributed by atoms with Gasteiger partial charge in [0.1, 0.15) is 25.2 Å². The van der Waals surface area contributed by atoms with Gasteiger partial charge >= 0.3 is 0 Å². The highest BCUT2D eigenvalue weighted by atomic mass is 32.2. The fourth-order valence-electron chi connectivity index (χ4n) is 1.78. The van der Waals surface area contributed by atoms with Crippen molar-refractivity contribution in [2.45, 2.75) is 18.1 Å². The van der Waals surface area contributed by atoms with Crippen LogP contribution in [0.1, 0.15) is 11.3 Å². The first-order valence-corrected chi connectivity index (χ1v) is 10.6.